The average Bonchev–Trinajstić information content (AvgIpc) is 2.74. The third-order valence-electron chi connectivity index (χ3n) is 2.43. The molecule has 0 radical (unpaired) electrons. The van der Waals surface area contributed by atoms with Crippen molar-refractivity contribution in [2.45, 2.75) is 13.8 Å². The van der Waals surface area contributed by atoms with E-state index in [1.165, 1.54) is 6.07 Å². The maximum atomic E-state index is 11.8. The maximum Gasteiger partial charge on any atom is 0.379 e. The normalized spacial score (nSPS) is 12.4. The Morgan fingerprint density at radius 2 is 1.94 bits per heavy atom. The molecule has 0 N–H and O–H groups in total. The molecule has 0 spiro atoms. The molecule has 0 bridgehead atoms. The van der Waals surface area contributed by atoms with E-state index in [1.807, 2.05) is 0 Å². The molecule has 0 aromatic heterocycles. The summed E-state index contributed by atoms with van der Waals surface area (Å²) >= 11 is 0. The van der Waals surface area contributed by atoms with Crippen molar-refractivity contribution in [2.75, 3.05) is 13.4 Å². The van der Waals surface area contributed by atoms with Gasteiger partial charge in [-0.2, -0.15) is 0 Å². The molecule has 17 heavy (non-hydrogen) atoms. The molecule has 0 fully saturated rings. The molecule has 2 rings (SSSR count). The topological polar surface area (TPSA) is 61.8 Å². The monoisotopic (exact) mass is 236 g/mol. The standard InChI is InChI=1S/C12H12O5/c1-3-15-12(14)11(13)8-5-10-9(4-7(8)2)16-6-17-10/h4-5H,3,6H2,1-2H3. The second-order valence-electron chi connectivity index (χ2n) is 3.57. The number of carbonyl (C=O) groups excluding carboxylic acids is 2. The Hall–Kier alpha value is -2.04. The molecule has 90 valence electrons. The minimum Gasteiger partial charge on any atom is -0.460 e. The van der Waals surface area contributed by atoms with Crippen LogP contribution in [0.2, 0.25) is 0 Å². The van der Waals surface area contributed by atoms with E-state index in [4.69, 9.17) is 9.47 Å². The highest BCUT2D eigenvalue weighted by Crippen LogP contribution is 2.34. The Morgan fingerprint density at radius 3 is 2.59 bits per heavy atom. The van der Waals surface area contributed by atoms with Crippen molar-refractivity contribution in [3.63, 3.8) is 0 Å². The average molecular weight is 236 g/mol. The predicted molar refractivity (Wildman–Crippen MR) is 58.3 cm³/mol. The zero-order valence-corrected chi connectivity index (χ0v) is 9.61. The number of aryl methyl sites for hydroxylation is 1. The first-order valence-electron chi connectivity index (χ1n) is 5.25. The SMILES string of the molecule is CCOC(=O)C(=O)c1cc2c(cc1C)OCO2. The summed E-state index contributed by atoms with van der Waals surface area (Å²) in [6.45, 7) is 3.69. The number of ether oxygens (including phenoxy) is 3. The molecule has 1 aliphatic heterocycles. The van der Waals surface area contributed by atoms with Crippen LogP contribution in [-0.4, -0.2) is 25.2 Å². The van der Waals surface area contributed by atoms with Gasteiger partial charge in [0.15, 0.2) is 11.5 Å². The molecule has 1 aromatic carbocycles. The minimum absolute atomic E-state index is 0.131. The summed E-state index contributed by atoms with van der Waals surface area (Å²) in [5.74, 6) is -0.455. The van der Waals surface area contributed by atoms with Crippen molar-refractivity contribution in [3.8, 4) is 11.5 Å². The summed E-state index contributed by atoms with van der Waals surface area (Å²) in [6.07, 6.45) is 0. The van der Waals surface area contributed by atoms with E-state index in [1.54, 1.807) is 19.9 Å². The van der Waals surface area contributed by atoms with Gasteiger partial charge in [-0.05, 0) is 31.5 Å². The van der Waals surface area contributed by atoms with Crippen molar-refractivity contribution in [1.82, 2.24) is 0 Å². The Balaban J connectivity index is 2.33. The van der Waals surface area contributed by atoms with E-state index in [-0.39, 0.29) is 19.0 Å². The summed E-state index contributed by atoms with van der Waals surface area (Å²) in [4.78, 5) is 23.1. The molecule has 0 saturated heterocycles. The van der Waals surface area contributed by atoms with Gasteiger partial charge in [-0.3, -0.25) is 4.79 Å². The number of esters is 1. The summed E-state index contributed by atoms with van der Waals surface area (Å²) in [6, 6.07) is 3.19. The number of hydrogen-bond acceptors (Lipinski definition) is 5. The molecule has 0 aliphatic carbocycles. The van der Waals surface area contributed by atoms with Crippen LogP contribution in [0.3, 0.4) is 0 Å². The number of hydrogen-bond donors (Lipinski definition) is 0. The lowest BCUT2D eigenvalue weighted by atomic mass is 10.0. The first-order chi connectivity index (χ1) is 8.13. The first kappa shape index (κ1) is 11.4. The lowest BCUT2D eigenvalue weighted by molar-refractivity contribution is -0.137. The van der Waals surface area contributed by atoms with Crippen LogP contribution in [0.1, 0.15) is 22.8 Å². The predicted octanol–water partition coefficient (Wildman–Crippen LogP) is 1.47. The Bertz CT molecular complexity index is 478. The number of Topliss-reactive ketones (excluding diaryl/α,β-unsaturated/α-hetero) is 1. The minimum atomic E-state index is -0.852. The lowest BCUT2D eigenvalue weighted by Crippen LogP contribution is -2.18. The summed E-state index contributed by atoms with van der Waals surface area (Å²) < 4.78 is 15.0. The van der Waals surface area contributed by atoms with Crippen LogP contribution in [0.4, 0.5) is 0 Å². The molecule has 0 amide bonds. The van der Waals surface area contributed by atoms with Crippen molar-refractivity contribution >= 4 is 11.8 Å². The van der Waals surface area contributed by atoms with E-state index >= 15 is 0 Å². The molecule has 0 saturated carbocycles. The Labute approximate surface area is 98.3 Å². The van der Waals surface area contributed by atoms with E-state index in [0.29, 0.717) is 17.1 Å². The van der Waals surface area contributed by atoms with E-state index < -0.39 is 11.8 Å². The largest absolute Gasteiger partial charge is 0.460 e. The molecular formula is C12H12O5. The van der Waals surface area contributed by atoms with Crippen molar-refractivity contribution in [2.24, 2.45) is 0 Å². The molecule has 0 atom stereocenters. The van der Waals surface area contributed by atoms with Gasteiger partial charge < -0.3 is 14.2 Å². The molecule has 1 aromatic rings. The van der Waals surface area contributed by atoms with Gasteiger partial charge in [-0.15, -0.1) is 0 Å². The summed E-state index contributed by atoms with van der Waals surface area (Å²) in [5.41, 5.74) is 0.944. The van der Waals surface area contributed by atoms with Gasteiger partial charge in [0.05, 0.1) is 6.61 Å². The third-order valence-corrected chi connectivity index (χ3v) is 2.43. The second kappa shape index (κ2) is 4.45. The molecule has 5 heteroatoms. The number of benzene rings is 1. The number of rotatable bonds is 3. The van der Waals surface area contributed by atoms with Crippen LogP contribution in [0.25, 0.3) is 0 Å². The maximum absolute atomic E-state index is 11.8. The van der Waals surface area contributed by atoms with Crippen molar-refractivity contribution in [1.29, 1.82) is 0 Å². The summed E-state index contributed by atoms with van der Waals surface area (Å²) in [7, 11) is 0. The summed E-state index contributed by atoms with van der Waals surface area (Å²) in [5, 5.41) is 0. The number of fused-ring (bicyclic) bond motifs is 1. The molecule has 1 aliphatic rings. The van der Waals surface area contributed by atoms with Crippen LogP contribution in [-0.2, 0) is 9.53 Å². The molecule has 1 heterocycles. The van der Waals surface area contributed by atoms with E-state index in [9.17, 15) is 9.59 Å². The zero-order chi connectivity index (χ0) is 12.4. The zero-order valence-electron chi connectivity index (χ0n) is 9.61. The Kier molecular flexibility index (Phi) is 2.99. The quantitative estimate of drug-likeness (QED) is 0.452. The van der Waals surface area contributed by atoms with Crippen LogP contribution < -0.4 is 9.47 Å². The number of carbonyl (C=O) groups is 2. The first-order valence-corrected chi connectivity index (χ1v) is 5.25. The van der Waals surface area contributed by atoms with Gasteiger partial charge >= 0.3 is 5.97 Å². The van der Waals surface area contributed by atoms with Gasteiger partial charge in [0.2, 0.25) is 6.79 Å². The Morgan fingerprint density at radius 1 is 1.29 bits per heavy atom. The van der Waals surface area contributed by atoms with Crippen molar-refractivity contribution < 1.29 is 23.8 Å². The fraction of sp³-hybridized carbons (Fsp3) is 0.333. The van der Waals surface area contributed by atoms with Crippen LogP contribution >= 0.6 is 0 Å². The molecule has 5 nitrogen and oxygen atoms in total. The molecule has 0 unspecified atom stereocenters. The van der Waals surface area contributed by atoms with Crippen LogP contribution in [0, 0.1) is 6.92 Å². The molecular weight excluding hydrogens is 224 g/mol. The second-order valence-corrected chi connectivity index (χ2v) is 3.57. The van der Waals surface area contributed by atoms with Crippen molar-refractivity contribution in [3.05, 3.63) is 23.3 Å². The van der Waals surface area contributed by atoms with E-state index in [2.05, 4.69) is 4.74 Å². The van der Waals surface area contributed by atoms with Gasteiger partial charge in [0, 0.05) is 5.56 Å². The highest BCUT2D eigenvalue weighted by Gasteiger charge is 2.23. The lowest BCUT2D eigenvalue weighted by Gasteiger charge is -2.06. The van der Waals surface area contributed by atoms with Crippen LogP contribution in [0.5, 0.6) is 11.5 Å². The van der Waals surface area contributed by atoms with Gasteiger partial charge in [0.25, 0.3) is 5.78 Å². The highest BCUT2D eigenvalue weighted by atomic mass is 16.7. The number of ketones is 1. The smallest absolute Gasteiger partial charge is 0.379 e. The highest BCUT2D eigenvalue weighted by molar-refractivity contribution is 6.41. The van der Waals surface area contributed by atoms with E-state index in [0.717, 1.165) is 0 Å². The fourth-order valence-electron chi connectivity index (χ4n) is 1.59. The fourth-order valence-corrected chi connectivity index (χ4v) is 1.59. The third kappa shape index (κ3) is 2.08. The van der Waals surface area contributed by atoms with Crippen LogP contribution in [0.15, 0.2) is 12.1 Å². The van der Waals surface area contributed by atoms with Gasteiger partial charge in [-0.1, -0.05) is 0 Å². The van der Waals surface area contributed by atoms with Gasteiger partial charge in [-0.25, -0.2) is 4.79 Å². The van der Waals surface area contributed by atoms with Gasteiger partial charge in [0.1, 0.15) is 0 Å².